The lowest BCUT2D eigenvalue weighted by atomic mass is 10.2. The number of carbonyl (C=O) groups is 1. The number of hydrogen-bond acceptors (Lipinski definition) is 4. The molecule has 0 fully saturated rings. The summed E-state index contributed by atoms with van der Waals surface area (Å²) in [6, 6.07) is 16.2. The number of rotatable bonds is 7. The van der Waals surface area contributed by atoms with Gasteiger partial charge in [0.1, 0.15) is 6.54 Å². The topological polar surface area (TPSA) is 83.8 Å². The molecule has 168 valence electrons. The number of amides is 1. The van der Waals surface area contributed by atoms with Crippen LogP contribution in [0.15, 0.2) is 64.2 Å². The normalized spacial score (nSPS) is 11.7. The molecule has 1 aromatic heterocycles. The van der Waals surface area contributed by atoms with Crippen LogP contribution >= 0.6 is 27.5 Å². The first-order valence-electron chi connectivity index (χ1n) is 9.56. The zero-order valence-corrected chi connectivity index (χ0v) is 20.9. The standard InChI is InChI=1S/C22H22BrClN4O3S/c1-15-10-17(16(2)28(15)21-9-5-7-19(24)12-21)13-25-26-22(29)14-27(32(3,30)31)20-8-4-6-18(23)11-20/h4-13H,14H2,1-3H3,(H,26,29)/b25-13+. The van der Waals surface area contributed by atoms with Gasteiger partial charge in [0.25, 0.3) is 5.91 Å². The van der Waals surface area contributed by atoms with E-state index in [-0.39, 0.29) is 0 Å². The Kier molecular flexibility index (Phi) is 7.43. The predicted octanol–water partition coefficient (Wildman–Crippen LogP) is 4.43. The molecule has 0 saturated heterocycles. The van der Waals surface area contributed by atoms with Crippen molar-refractivity contribution in [1.29, 1.82) is 0 Å². The maximum absolute atomic E-state index is 12.4. The Labute approximate surface area is 200 Å². The number of nitrogens with one attached hydrogen (secondary N) is 1. The third-order valence-corrected chi connectivity index (χ3v) is 6.58. The van der Waals surface area contributed by atoms with Crippen LogP contribution in [0.4, 0.5) is 5.69 Å². The Hall–Kier alpha value is -2.62. The summed E-state index contributed by atoms with van der Waals surface area (Å²) in [6.45, 7) is 3.51. The van der Waals surface area contributed by atoms with E-state index in [0.717, 1.165) is 33.2 Å². The van der Waals surface area contributed by atoms with E-state index < -0.39 is 22.5 Å². The van der Waals surface area contributed by atoms with Crippen LogP contribution < -0.4 is 9.73 Å². The van der Waals surface area contributed by atoms with Gasteiger partial charge in [-0.15, -0.1) is 0 Å². The van der Waals surface area contributed by atoms with Gasteiger partial charge in [0, 0.05) is 32.1 Å². The summed E-state index contributed by atoms with van der Waals surface area (Å²) in [7, 11) is -3.66. The maximum atomic E-state index is 12.4. The number of hydrogen-bond donors (Lipinski definition) is 1. The van der Waals surface area contributed by atoms with Gasteiger partial charge in [-0.3, -0.25) is 9.10 Å². The van der Waals surface area contributed by atoms with Crippen molar-refractivity contribution in [2.75, 3.05) is 17.1 Å². The Morgan fingerprint density at radius 2 is 1.91 bits per heavy atom. The Bertz CT molecular complexity index is 1290. The third-order valence-electron chi connectivity index (χ3n) is 4.71. The minimum absolute atomic E-state index is 0.381. The minimum Gasteiger partial charge on any atom is -0.318 e. The molecular formula is C22H22BrClN4O3S. The van der Waals surface area contributed by atoms with Gasteiger partial charge in [0.15, 0.2) is 0 Å². The molecule has 0 aliphatic heterocycles. The Balaban J connectivity index is 1.74. The van der Waals surface area contributed by atoms with E-state index >= 15 is 0 Å². The minimum atomic E-state index is -3.66. The molecule has 32 heavy (non-hydrogen) atoms. The number of nitrogens with zero attached hydrogens (tertiary/aromatic N) is 3. The van der Waals surface area contributed by atoms with Gasteiger partial charge < -0.3 is 4.57 Å². The molecule has 0 aliphatic rings. The highest BCUT2D eigenvalue weighted by atomic mass is 79.9. The van der Waals surface area contributed by atoms with Crippen molar-refractivity contribution in [3.63, 3.8) is 0 Å². The van der Waals surface area contributed by atoms with Gasteiger partial charge in [-0.2, -0.15) is 5.10 Å². The van der Waals surface area contributed by atoms with E-state index in [1.165, 1.54) is 6.21 Å². The molecule has 0 aliphatic carbocycles. The van der Waals surface area contributed by atoms with Gasteiger partial charge in [-0.25, -0.2) is 13.8 Å². The van der Waals surface area contributed by atoms with Crippen molar-refractivity contribution in [1.82, 2.24) is 9.99 Å². The zero-order valence-electron chi connectivity index (χ0n) is 17.7. The molecular weight excluding hydrogens is 516 g/mol. The van der Waals surface area contributed by atoms with Crippen LogP contribution in [0.2, 0.25) is 5.02 Å². The van der Waals surface area contributed by atoms with Crippen LogP contribution in [-0.2, 0) is 14.8 Å². The molecule has 0 bridgehead atoms. The molecule has 0 spiro atoms. The van der Waals surface area contributed by atoms with Gasteiger partial charge >= 0.3 is 0 Å². The molecule has 1 amide bonds. The molecule has 7 nitrogen and oxygen atoms in total. The molecule has 0 atom stereocenters. The van der Waals surface area contributed by atoms with Gasteiger partial charge in [-0.05, 0) is 56.3 Å². The predicted molar refractivity (Wildman–Crippen MR) is 132 cm³/mol. The monoisotopic (exact) mass is 536 g/mol. The number of anilines is 1. The van der Waals surface area contributed by atoms with E-state index in [1.54, 1.807) is 24.3 Å². The SMILES string of the molecule is Cc1cc(/C=N/NC(=O)CN(c2cccc(Br)c2)S(C)(=O)=O)c(C)n1-c1cccc(Cl)c1. The van der Waals surface area contributed by atoms with Crippen LogP contribution in [0.3, 0.4) is 0 Å². The fourth-order valence-electron chi connectivity index (χ4n) is 3.30. The van der Waals surface area contributed by atoms with Crippen LogP contribution in [-0.4, -0.2) is 37.9 Å². The highest BCUT2D eigenvalue weighted by molar-refractivity contribution is 9.10. The quantitative estimate of drug-likeness (QED) is 0.358. The first-order chi connectivity index (χ1) is 15.1. The van der Waals surface area contributed by atoms with Gasteiger partial charge in [-0.1, -0.05) is 39.7 Å². The zero-order chi connectivity index (χ0) is 23.5. The lowest BCUT2D eigenvalue weighted by Crippen LogP contribution is -2.39. The molecule has 3 aromatic rings. The Morgan fingerprint density at radius 1 is 1.19 bits per heavy atom. The number of sulfonamides is 1. The number of aromatic nitrogens is 1. The van der Waals surface area contributed by atoms with Crippen LogP contribution in [0.5, 0.6) is 0 Å². The average Bonchev–Trinajstić information content (AvgIpc) is 2.98. The summed E-state index contributed by atoms with van der Waals surface area (Å²) >= 11 is 9.43. The Morgan fingerprint density at radius 3 is 2.56 bits per heavy atom. The molecule has 1 heterocycles. The van der Waals surface area contributed by atoms with Crippen molar-refractivity contribution in [2.45, 2.75) is 13.8 Å². The van der Waals surface area contributed by atoms with Crippen molar-refractivity contribution in [2.24, 2.45) is 5.10 Å². The van der Waals surface area contributed by atoms with Crippen molar-refractivity contribution in [3.05, 3.63) is 81.0 Å². The maximum Gasteiger partial charge on any atom is 0.260 e. The largest absolute Gasteiger partial charge is 0.318 e. The van der Waals surface area contributed by atoms with Crippen molar-refractivity contribution in [3.8, 4) is 5.69 Å². The number of benzene rings is 2. The van der Waals surface area contributed by atoms with Crippen LogP contribution in [0.1, 0.15) is 17.0 Å². The van der Waals surface area contributed by atoms with E-state index in [4.69, 9.17) is 11.6 Å². The fourth-order valence-corrected chi connectivity index (χ4v) is 4.72. The summed E-state index contributed by atoms with van der Waals surface area (Å²) in [5.41, 5.74) is 6.43. The second-order valence-corrected chi connectivity index (χ2v) is 10.4. The third kappa shape index (κ3) is 5.79. The summed E-state index contributed by atoms with van der Waals surface area (Å²) in [6.07, 6.45) is 2.58. The lowest BCUT2D eigenvalue weighted by molar-refractivity contribution is -0.119. The van der Waals surface area contributed by atoms with E-state index in [9.17, 15) is 13.2 Å². The van der Waals surface area contributed by atoms with E-state index in [0.29, 0.717) is 15.2 Å². The number of halogens is 2. The molecule has 2 aromatic carbocycles. The van der Waals surface area contributed by atoms with E-state index in [1.807, 2.05) is 48.7 Å². The number of aryl methyl sites for hydroxylation is 1. The number of hydrazone groups is 1. The molecule has 0 unspecified atom stereocenters. The second-order valence-electron chi connectivity index (χ2n) is 7.18. The first kappa shape index (κ1) is 24.0. The average molecular weight is 538 g/mol. The smallest absolute Gasteiger partial charge is 0.260 e. The van der Waals surface area contributed by atoms with Crippen molar-refractivity contribution < 1.29 is 13.2 Å². The van der Waals surface area contributed by atoms with Crippen LogP contribution in [0.25, 0.3) is 5.69 Å². The number of carbonyl (C=O) groups excluding carboxylic acids is 1. The highest BCUT2D eigenvalue weighted by Crippen LogP contribution is 2.23. The van der Waals surface area contributed by atoms with E-state index in [2.05, 4.69) is 26.5 Å². The first-order valence-corrected chi connectivity index (χ1v) is 12.6. The molecule has 10 heteroatoms. The van der Waals surface area contributed by atoms with Crippen molar-refractivity contribution >= 4 is 55.4 Å². The molecule has 0 saturated carbocycles. The van der Waals surface area contributed by atoms with Gasteiger partial charge in [0.2, 0.25) is 10.0 Å². The molecule has 3 rings (SSSR count). The molecule has 0 radical (unpaired) electrons. The summed E-state index contributed by atoms with van der Waals surface area (Å²) in [4.78, 5) is 12.4. The second kappa shape index (κ2) is 9.89. The molecule has 1 N–H and O–H groups in total. The summed E-state index contributed by atoms with van der Waals surface area (Å²) in [5, 5.41) is 4.66. The lowest BCUT2D eigenvalue weighted by Gasteiger charge is -2.21. The van der Waals surface area contributed by atoms with Crippen LogP contribution in [0, 0.1) is 13.8 Å². The fraction of sp³-hybridized carbons (Fsp3) is 0.182. The summed E-state index contributed by atoms with van der Waals surface area (Å²) < 4.78 is 28.2. The van der Waals surface area contributed by atoms with Gasteiger partial charge in [0.05, 0.1) is 18.2 Å². The summed E-state index contributed by atoms with van der Waals surface area (Å²) in [5.74, 6) is -0.560. The highest BCUT2D eigenvalue weighted by Gasteiger charge is 2.21.